The van der Waals surface area contributed by atoms with Crippen LogP contribution in [0.1, 0.15) is 39.0 Å². The van der Waals surface area contributed by atoms with E-state index in [0.717, 1.165) is 19.3 Å². The van der Waals surface area contributed by atoms with Crippen molar-refractivity contribution in [1.82, 2.24) is 0 Å². The van der Waals surface area contributed by atoms with E-state index in [1.54, 1.807) is 0 Å². The van der Waals surface area contributed by atoms with E-state index in [-0.39, 0.29) is 12.1 Å². The predicted molar refractivity (Wildman–Crippen MR) is 76.2 cm³/mol. The first-order valence-electron chi connectivity index (χ1n) is 7.12. The predicted octanol–water partition coefficient (Wildman–Crippen LogP) is 3.59. The summed E-state index contributed by atoms with van der Waals surface area (Å²) in [6, 6.07) is 1.06. The summed E-state index contributed by atoms with van der Waals surface area (Å²) < 4.78 is 39.2. The normalized spacial score (nSPS) is 12.2. The fourth-order valence-corrected chi connectivity index (χ4v) is 2.24. The molecule has 0 aliphatic carbocycles. The van der Waals surface area contributed by atoms with Crippen LogP contribution >= 0.6 is 0 Å². The molecule has 0 fully saturated rings. The molecular formula is C15H21F3N2O. The van der Waals surface area contributed by atoms with Crippen molar-refractivity contribution in [2.75, 3.05) is 11.9 Å². The van der Waals surface area contributed by atoms with E-state index in [0.29, 0.717) is 31.0 Å². The van der Waals surface area contributed by atoms with Crippen LogP contribution in [0.2, 0.25) is 0 Å². The Morgan fingerprint density at radius 3 is 2.43 bits per heavy atom. The number of nitrogens with two attached hydrogens (primary N) is 1. The molecule has 0 heterocycles. The number of rotatable bonds is 8. The van der Waals surface area contributed by atoms with Gasteiger partial charge in [0.2, 0.25) is 5.91 Å². The molecule has 0 saturated heterocycles. The minimum absolute atomic E-state index is 0.198. The van der Waals surface area contributed by atoms with Crippen molar-refractivity contribution in [3.63, 3.8) is 0 Å². The molecule has 1 rings (SSSR count). The molecule has 1 aromatic rings. The fourth-order valence-electron chi connectivity index (χ4n) is 2.24. The zero-order valence-electron chi connectivity index (χ0n) is 12.1. The third-order valence-electron chi connectivity index (χ3n) is 3.34. The largest absolute Gasteiger partial charge is 0.330 e. The van der Waals surface area contributed by atoms with Crippen molar-refractivity contribution in [3.8, 4) is 0 Å². The van der Waals surface area contributed by atoms with Crippen LogP contribution in [0.5, 0.6) is 0 Å². The molecule has 1 amide bonds. The Morgan fingerprint density at radius 1 is 1.14 bits per heavy atom. The molecule has 6 heteroatoms. The summed E-state index contributed by atoms with van der Waals surface area (Å²) in [5.74, 6) is -3.54. The van der Waals surface area contributed by atoms with Crippen LogP contribution in [0, 0.1) is 23.4 Å². The highest BCUT2D eigenvalue weighted by atomic mass is 19.2. The molecular weight excluding hydrogens is 281 g/mol. The monoisotopic (exact) mass is 302 g/mol. The molecule has 3 N–H and O–H groups in total. The second kappa shape index (κ2) is 8.67. The first kappa shape index (κ1) is 17.5. The summed E-state index contributed by atoms with van der Waals surface area (Å²) in [5, 5.41) is 2.27. The van der Waals surface area contributed by atoms with Gasteiger partial charge in [-0.1, -0.05) is 19.8 Å². The number of carbonyl (C=O) groups excluding carboxylic acids is 1. The quantitative estimate of drug-likeness (QED) is 0.721. The van der Waals surface area contributed by atoms with Crippen LogP contribution in [0.4, 0.5) is 18.9 Å². The van der Waals surface area contributed by atoms with Gasteiger partial charge in [0, 0.05) is 18.6 Å². The molecule has 0 spiro atoms. The lowest BCUT2D eigenvalue weighted by atomic mass is 9.94. The van der Waals surface area contributed by atoms with E-state index in [2.05, 4.69) is 12.2 Å². The summed E-state index contributed by atoms with van der Waals surface area (Å²) >= 11 is 0. The van der Waals surface area contributed by atoms with Gasteiger partial charge in [-0.3, -0.25) is 4.79 Å². The standard InChI is InChI=1S/C15H21F3N2O/c1-2-3-10(6-7-19)4-5-15(21)20-14-9-12(17)11(16)8-13(14)18/h8-10H,2-7,19H2,1H3,(H,20,21). The lowest BCUT2D eigenvalue weighted by Crippen LogP contribution is -2.16. The van der Waals surface area contributed by atoms with Crippen molar-refractivity contribution in [1.29, 1.82) is 0 Å². The zero-order chi connectivity index (χ0) is 15.8. The number of hydrogen-bond acceptors (Lipinski definition) is 2. The summed E-state index contributed by atoms with van der Waals surface area (Å²) in [7, 11) is 0. The summed E-state index contributed by atoms with van der Waals surface area (Å²) in [5.41, 5.74) is 5.17. The molecule has 1 aromatic carbocycles. The molecule has 0 aliphatic heterocycles. The Bertz CT molecular complexity index is 474. The average molecular weight is 302 g/mol. The molecule has 21 heavy (non-hydrogen) atoms. The van der Waals surface area contributed by atoms with Gasteiger partial charge in [-0.05, 0) is 25.3 Å². The van der Waals surface area contributed by atoms with Gasteiger partial charge < -0.3 is 11.1 Å². The van der Waals surface area contributed by atoms with Gasteiger partial charge in [0.15, 0.2) is 11.6 Å². The van der Waals surface area contributed by atoms with Gasteiger partial charge in [-0.2, -0.15) is 0 Å². The molecule has 118 valence electrons. The maximum atomic E-state index is 13.4. The number of halogens is 3. The number of anilines is 1. The number of carbonyl (C=O) groups is 1. The number of benzene rings is 1. The number of nitrogens with one attached hydrogen (secondary N) is 1. The van der Waals surface area contributed by atoms with Crippen LogP contribution in [0.3, 0.4) is 0 Å². The third-order valence-corrected chi connectivity index (χ3v) is 3.34. The SMILES string of the molecule is CCCC(CCN)CCC(=O)Nc1cc(F)c(F)cc1F. The van der Waals surface area contributed by atoms with E-state index < -0.39 is 23.4 Å². The summed E-state index contributed by atoms with van der Waals surface area (Å²) in [6.45, 7) is 2.62. The first-order valence-corrected chi connectivity index (χ1v) is 7.12. The minimum Gasteiger partial charge on any atom is -0.330 e. The summed E-state index contributed by atoms with van der Waals surface area (Å²) in [6.07, 6.45) is 3.65. The summed E-state index contributed by atoms with van der Waals surface area (Å²) in [4.78, 5) is 11.7. The van der Waals surface area contributed by atoms with Crippen LogP contribution in [0.25, 0.3) is 0 Å². The Kier molecular flexibility index (Phi) is 7.22. The van der Waals surface area contributed by atoms with Crippen LogP contribution in [0.15, 0.2) is 12.1 Å². The molecule has 1 atom stereocenters. The molecule has 0 radical (unpaired) electrons. The van der Waals surface area contributed by atoms with Gasteiger partial charge in [0.1, 0.15) is 5.82 Å². The molecule has 1 unspecified atom stereocenters. The van der Waals surface area contributed by atoms with E-state index >= 15 is 0 Å². The first-order chi connectivity index (χ1) is 9.97. The van der Waals surface area contributed by atoms with Gasteiger partial charge in [0.05, 0.1) is 5.69 Å². The van der Waals surface area contributed by atoms with Crippen molar-refractivity contribution in [2.24, 2.45) is 11.7 Å². The Hall–Kier alpha value is -1.56. The Balaban J connectivity index is 2.55. The van der Waals surface area contributed by atoms with Crippen molar-refractivity contribution in [2.45, 2.75) is 39.0 Å². The van der Waals surface area contributed by atoms with Crippen LogP contribution in [-0.2, 0) is 4.79 Å². The average Bonchev–Trinajstić information content (AvgIpc) is 2.42. The highest BCUT2D eigenvalue weighted by Crippen LogP contribution is 2.20. The second-order valence-corrected chi connectivity index (χ2v) is 5.07. The Labute approximate surface area is 122 Å². The van der Waals surface area contributed by atoms with Crippen molar-refractivity contribution in [3.05, 3.63) is 29.6 Å². The van der Waals surface area contributed by atoms with Crippen molar-refractivity contribution >= 4 is 11.6 Å². The molecule has 0 bridgehead atoms. The van der Waals surface area contributed by atoms with Gasteiger partial charge in [0.25, 0.3) is 0 Å². The molecule has 0 saturated carbocycles. The van der Waals surface area contributed by atoms with E-state index in [9.17, 15) is 18.0 Å². The topological polar surface area (TPSA) is 55.1 Å². The zero-order valence-corrected chi connectivity index (χ0v) is 12.1. The third kappa shape index (κ3) is 5.75. The lowest BCUT2D eigenvalue weighted by Gasteiger charge is -2.14. The minimum atomic E-state index is -1.28. The van der Waals surface area contributed by atoms with E-state index in [1.165, 1.54) is 0 Å². The Morgan fingerprint density at radius 2 is 1.81 bits per heavy atom. The molecule has 0 aliphatic rings. The number of amides is 1. The van der Waals surface area contributed by atoms with Crippen LogP contribution < -0.4 is 11.1 Å². The highest BCUT2D eigenvalue weighted by molar-refractivity contribution is 5.90. The fraction of sp³-hybridized carbons (Fsp3) is 0.533. The van der Waals surface area contributed by atoms with Crippen LogP contribution in [-0.4, -0.2) is 12.5 Å². The van der Waals surface area contributed by atoms with Gasteiger partial charge >= 0.3 is 0 Å². The highest BCUT2D eigenvalue weighted by Gasteiger charge is 2.14. The smallest absolute Gasteiger partial charge is 0.224 e. The van der Waals surface area contributed by atoms with E-state index in [4.69, 9.17) is 5.73 Å². The van der Waals surface area contributed by atoms with E-state index in [1.807, 2.05) is 0 Å². The second-order valence-electron chi connectivity index (χ2n) is 5.07. The lowest BCUT2D eigenvalue weighted by molar-refractivity contribution is -0.116. The maximum Gasteiger partial charge on any atom is 0.224 e. The van der Waals surface area contributed by atoms with Gasteiger partial charge in [-0.15, -0.1) is 0 Å². The number of hydrogen-bond donors (Lipinski definition) is 2. The molecule has 3 nitrogen and oxygen atoms in total. The van der Waals surface area contributed by atoms with Gasteiger partial charge in [-0.25, -0.2) is 13.2 Å². The maximum absolute atomic E-state index is 13.4. The molecule has 0 aromatic heterocycles. The van der Waals surface area contributed by atoms with Crippen molar-refractivity contribution < 1.29 is 18.0 Å².